The molecule has 4 fully saturated rings. The Morgan fingerprint density at radius 2 is 2.00 bits per heavy atom. The molecule has 17 heavy (non-hydrogen) atoms. The monoisotopic (exact) mass is 239 g/mol. The largest absolute Gasteiger partial charge is 0.379 e. The Labute approximate surface area is 104 Å². The Hall–Kier alpha value is -0.160. The van der Waals surface area contributed by atoms with Gasteiger partial charge >= 0.3 is 0 Å². The Balaban J connectivity index is 1.55. The molecule has 0 aromatic heterocycles. The summed E-state index contributed by atoms with van der Waals surface area (Å²) in [5.74, 6) is 1.81. The molecule has 4 aliphatic heterocycles. The van der Waals surface area contributed by atoms with Gasteiger partial charge in [-0.05, 0) is 31.2 Å². The first-order valence-corrected chi connectivity index (χ1v) is 7.11. The summed E-state index contributed by atoms with van der Waals surface area (Å²) < 4.78 is 5.42. The molecule has 4 heterocycles. The van der Waals surface area contributed by atoms with Crippen molar-refractivity contribution in [3.8, 4) is 0 Å². The van der Waals surface area contributed by atoms with E-state index in [2.05, 4.69) is 9.80 Å². The van der Waals surface area contributed by atoms with Crippen LogP contribution in [0.1, 0.15) is 12.8 Å². The number of nitrogens with zero attached hydrogens (tertiary/aromatic N) is 2. The molecule has 2 bridgehead atoms. The quantitative estimate of drug-likeness (QED) is 0.752. The number of rotatable bonds is 3. The molecule has 1 unspecified atom stereocenters. The third-order valence-electron chi connectivity index (χ3n) is 4.88. The van der Waals surface area contributed by atoms with Crippen molar-refractivity contribution in [1.29, 1.82) is 0 Å². The SMILES string of the molecule is NC[C@H]1C[C@@H]2CCN1C[C@@H]2CN1CCOCC1. The minimum absolute atomic E-state index is 0.676. The number of fused-ring (bicyclic) bond motifs is 3. The zero-order chi connectivity index (χ0) is 11.7. The lowest BCUT2D eigenvalue weighted by Gasteiger charge is -2.50. The van der Waals surface area contributed by atoms with Gasteiger partial charge in [-0.3, -0.25) is 9.80 Å². The molecule has 4 aliphatic rings. The lowest BCUT2D eigenvalue weighted by molar-refractivity contribution is -0.0277. The smallest absolute Gasteiger partial charge is 0.0594 e. The Kier molecular flexibility index (Phi) is 3.66. The summed E-state index contributed by atoms with van der Waals surface area (Å²) in [5.41, 5.74) is 5.85. The summed E-state index contributed by atoms with van der Waals surface area (Å²) in [6.45, 7) is 8.80. The second-order valence-electron chi connectivity index (χ2n) is 5.84. The van der Waals surface area contributed by atoms with Crippen molar-refractivity contribution < 1.29 is 4.74 Å². The summed E-state index contributed by atoms with van der Waals surface area (Å²) in [7, 11) is 0. The van der Waals surface area contributed by atoms with Gasteiger partial charge in [0.1, 0.15) is 0 Å². The first kappa shape index (κ1) is 11.9. The van der Waals surface area contributed by atoms with Gasteiger partial charge in [0, 0.05) is 38.8 Å². The molecule has 0 aliphatic carbocycles. The first-order valence-electron chi connectivity index (χ1n) is 7.11. The van der Waals surface area contributed by atoms with Crippen LogP contribution in [0.15, 0.2) is 0 Å². The molecule has 0 aromatic carbocycles. The molecule has 4 heteroatoms. The van der Waals surface area contributed by atoms with Gasteiger partial charge in [-0.2, -0.15) is 0 Å². The summed E-state index contributed by atoms with van der Waals surface area (Å²) in [6, 6.07) is 0.676. The van der Waals surface area contributed by atoms with E-state index in [-0.39, 0.29) is 0 Å². The molecule has 4 saturated heterocycles. The number of ether oxygens (including phenoxy) is 1. The average Bonchev–Trinajstić information content (AvgIpc) is 2.40. The zero-order valence-electron chi connectivity index (χ0n) is 10.7. The molecule has 2 N–H and O–H groups in total. The van der Waals surface area contributed by atoms with E-state index in [0.29, 0.717) is 6.04 Å². The highest BCUT2D eigenvalue weighted by molar-refractivity contribution is 4.94. The fourth-order valence-corrected chi connectivity index (χ4v) is 3.82. The Morgan fingerprint density at radius 3 is 2.65 bits per heavy atom. The van der Waals surface area contributed by atoms with Crippen LogP contribution in [0.4, 0.5) is 0 Å². The zero-order valence-corrected chi connectivity index (χ0v) is 10.7. The topological polar surface area (TPSA) is 41.7 Å². The van der Waals surface area contributed by atoms with Gasteiger partial charge in [-0.15, -0.1) is 0 Å². The van der Waals surface area contributed by atoms with Crippen LogP contribution in [-0.4, -0.2) is 68.3 Å². The molecule has 0 spiro atoms. The molecule has 0 aromatic rings. The van der Waals surface area contributed by atoms with E-state index < -0.39 is 0 Å². The van der Waals surface area contributed by atoms with E-state index in [1.807, 2.05) is 0 Å². The molecule has 4 rings (SSSR count). The molecule has 0 radical (unpaired) electrons. The Bertz CT molecular complexity index is 255. The van der Waals surface area contributed by atoms with Gasteiger partial charge < -0.3 is 10.5 Å². The fraction of sp³-hybridized carbons (Fsp3) is 1.00. The molecular weight excluding hydrogens is 214 g/mol. The first-order chi connectivity index (χ1) is 8.36. The second-order valence-corrected chi connectivity index (χ2v) is 5.84. The lowest BCUT2D eigenvalue weighted by Crippen LogP contribution is -2.58. The van der Waals surface area contributed by atoms with Crippen molar-refractivity contribution in [2.45, 2.75) is 18.9 Å². The van der Waals surface area contributed by atoms with Crippen molar-refractivity contribution in [2.75, 3.05) is 52.5 Å². The van der Waals surface area contributed by atoms with E-state index in [9.17, 15) is 0 Å². The minimum Gasteiger partial charge on any atom is -0.379 e. The Morgan fingerprint density at radius 1 is 1.18 bits per heavy atom. The van der Waals surface area contributed by atoms with Crippen molar-refractivity contribution in [2.24, 2.45) is 17.6 Å². The van der Waals surface area contributed by atoms with Gasteiger partial charge in [-0.1, -0.05) is 0 Å². The van der Waals surface area contributed by atoms with Crippen LogP contribution in [0.5, 0.6) is 0 Å². The maximum atomic E-state index is 5.85. The standard InChI is InChI=1S/C13H25N3O/c14-8-13-7-11-1-2-16(13)10-12(11)9-15-3-5-17-6-4-15/h11-13H,1-10,14H2/t11-,12-,13+/m0/s1. The number of morpholine rings is 1. The second kappa shape index (κ2) is 5.22. The van der Waals surface area contributed by atoms with Gasteiger partial charge in [0.25, 0.3) is 0 Å². The van der Waals surface area contributed by atoms with E-state index in [1.54, 1.807) is 0 Å². The van der Waals surface area contributed by atoms with Crippen molar-refractivity contribution in [3.05, 3.63) is 0 Å². The predicted octanol–water partition coefficient (Wildman–Crippen LogP) is -0.0123. The molecule has 4 atom stereocenters. The lowest BCUT2D eigenvalue weighted by atomic mass is 9.75. The normalized spacial score (nSPS) is 42.9. The van der Waals surface area contributed by atoms with E-state index >= 15 is 0 Å². The van der Waals surface area contributed by atoms with Gasteiger partial charge in [0.05, 0.1) is 13.2 Å². The highest BCUT2D eigenvalue weighted by atomic mass is 16.5. The third-order valence-corrected chi connectivity index (χ3v) is 4.88. The number of nitrogens with two attached hydrogens (primary N) is 1. The number of hydrogen-bond donors (Lipinski definition) is 1. The molecule has 0 saturated carbocycles. The van der Waals surface area contributed by atoms with Gasteiger partial charge in [0.2, 0.25) is 0 Å². The van der Waals surface area contributed by atoms with Crippen LogP contribution >= 0.6 is 0 Å². The van der Waals surface area contributed by atoms with E-state index in [4.69, 9.17) is 10.5 Å². The maximum absolute atomic E-state index is 5.85. The van der Waals surface area contributed by atoms with Crippen LogP contribution in [0.3, 0.4) is 0 Å². The molecule has 4 nitrogen and oxygen atoms in total. The molecule has 0 amide bonds. The van der Waals surface area contributed by atoms with Crippen LogP contribution in [-0.2, 0) is 4.74 Å². The molecule has 98 valence electrons. The summed E-state index contributed by atoms with van der Waals surface area (Å²) in [5, 5.41) is 0. The molecular formula is C13H25N3O. The minimum atomic E-state index is 0.676. The van der Waals surface area contributed by atoms with E-state index in [0.717, 1.165) is 44.7 Å². The third kappa shape index (κ3) is 2.50. The van der Waals surface area contributed by atoms with Crippen molar-refractivity contribution in [3.63, 3.8) is 0 Å². The maximum Gasteiger partial charge on any atom is 0.0594 e. The highest BCUT2D eigenvalue weighted by Crippen LogP contribution is 2.36. The van der Waals surface area contributed by atoms with Crippen molar-refractivity contribution >= 4 is 0 Å². The average molecular weight is 239 g/mol. The van der Waals surface area contributed by atoms with E-state index in [1.165, 1.54) is 32.5 Å². The summed E-state index contributed by atoms with van der Waals surface area (Å²) >= 11 is 0. The fourth-order valence-electron chi connectivity index (χ4n) is 3.82. The number of hydrogen-bond acceptors (Lipinski definition) is 4. The van der Waals surface area contributed by atoms with Gasteiger partial charge in [-0.25, -0.2) is 0 Å². The predicted molar refractivity (Wildman–Crippen MR) is 67.9 cm³/mol. The summed E-state index contributed by atoms with van der Waals surface area (Å²) in [4.78, 5) is 5.22. The highest BCUT2D eigenvalue weighted by Gasteiger charge is 2.39. The van der Waals surface area contributed by atoms with Crippen LogP contribution in [0.2, 0.25) is 0 Å². The van der Waals surface area contributed by atoms with Crippen molar-refractivity contribution in [1.82, 2.24) is 9.80 Å². The van der Waals surface area contributed by atoms with Gasteiger partial charge in [0.15, 0.2) is 0 Å². The van der Waals surface area contributed by atoms with Crippen LogP contribution in [0, 0.1) is 11.8 Å². The van der Waals surface area contributed by atoms with Crippen LogP contribution in [0.25, 0.3) is 0 Å². The number of piperidine rings is 3. The van der Waals surface area contributed by atoms with Crippen LogP contribution < -0.4 is 5.73 Å². The summed E-state index contributed by atoms with van der Waals surface area (Å²) in [6.07, 6.45) is 2.73.